The first-order chi connectivity index (χ1) is 8.56. The molecule has 0 aliphatic heterocycles. The molecular weight excluding hydrogens is 228 g/mol. The van der Waals surface area contributed by atoms with Crippen LogP contribution in [0.2, 0.25) is 0 Å². The summed E-state index contributed by atoms with van der Waals surface area (Å²) in [7, 11) is 1.73. The maximum absolute atomic E-state index is 11.8. The minimum atomic E-state index is 0.0636. The van der Waals surface area contributed by atoms with Crippen LogP contribution in [0.4, 0.5) is 0 Å². The van der Waals surface area contributed by atoms with Crippen LogP contribution in [-0.2, 0) is 11.3 Å². The average Bonchev–Trinajstić information content (AvgIpc) is 2.81. The molecule has 0 N–H and O–H groups in total. The van der Waals surface area contributed by atoms with Gasteiger partial charge in [0.15, 0.2) is 0 Å². The van der Waals surface area contributed by atoms with E-state index in [1.807, 2.05) is 16.8 Å². The second-order valence-electron chi connectivity index (χ2n) is 4.61. The number of amides is 1. The summed E-state index contributed by atoms with van der Waals surface area (Å²) in [5.74, 6) is 1.42. The second kappa shape index (κ2) is 6.80. The van der Waals surface area contributed by atoms with Crippen LogP contribution in [-0.4, -0.2) is 34.0 Å². The maximum atomic E-state index is 11.8. The topological polar surface area (TPSA) is 61.9 Å². The van der Waals surface area contributed by atoms with Gasteiger partial charge in [0.05, 0.1) is 12.5 Å². The standard InChI is InChI=1S/C13H20N4O/c1-11(2)13-15-7-10-17(13)9-5-12(18)16(3)8-4-6-14/h7,10-11H,4-5,8-9H2,1-3H3. The Bertz CT molecular complexity index is 430. The fourth-order valence-electron chi connectivity index (χ4n) is 1.76. The molecule has 0 aromatic carbocycles. The van der Waals surface area contributed by atoms with Gasteiger partial charge in [-0.2, -0.15) is 5.26 Å². The van der Waals surface area contributed by atoms with Crippen molar-refractivity contribution >= 4 is 5.91 Å². The summed E-state index contributed by atoms with van der Waals surface area (Å²) in [6.45, 7) is 5.30. The van der Waals surface area contributed by atoms with E-state index in [9.17, 15) is 4.79 Å². The molecule has 98 valence electrons. The van der Waals surface area contributed by atoms with Gasteiger partial charge in [0.25, 0.3) is 0 Å². The molecule has 0 aliphatic rings. The molecule has 0 saturated heterocycles. The molecule has 1 aromatic rings. The van der Waals surface area contributed by atoms with Crippen molar-refractivity contribution in [3.63, 3.8) is 0 Å². The molecule has 0 radical (unpaired) electrons. The molecule has 5 nitrogen and oxygen atoms in total. The third-order valence-corrected chi connectivity index (χ3v) is 2.82. The predicted molar refractivity (Wildman–Crippen MR) is 68.8 cm³/mol. The highest BCUT2D eigenvalue weighted by Crippen LogP contribution is 2.12. The molecule has 18 heavy (non-hydrogen) atoms. The van der Waals surface area contributed by atoms with Gasteiger partial charge in [-0.1, -0.05) is 13.8 Å². The summed E-state index contributed by atoms with van der Waals surface area (Å²) in [5.41, 5.74) is 0. The van der Waals surface area contributed by atoms with Crippen molar-refractivity contribution in [2.24, 2.45) is 0 Å². The van der Waals surface area contributed by atoms with Gasteiger partial charge in [0.2, 0.25) is 5.91 Å². The van der Waals surface area contributed by atoms with Crippen molar-refractivity contribution < 1.29 is 4.79 Å². The number of hydrogen-bond acceptors (Lipinski definition) is 3. The Morgan fingerprint density at radius 1 is 1.61 bits per heavy atom. The first-order valence-corrected chi connectivity index (χ1v) is 6.18. The van der Waals surface area contributed by atoms with Gasteiger partial charge in [-0.3, -0.25) is 4.79 Å². The molecule has 1 heterocycles. The fourth-order valence-corrected chi connectivity index (χ4v) is 1.76. The third-order valence-electron chi connectivity index (χ3n) is 2.82. The maximum Gasteiger partial charge on any atom is 0.224 e. The molecule has 0 spiro atoms. The Balaban J connectivity index is 2.47. The van der Waals surface area contributed by atoms with Gasteiger partial charge < -0.3 is 9.47 Å². The van der Waals surface area contributed by atoms with Crippen molar-refractivity contribution in [2.75, 3.05) is 13.6 Å². The minimum Gasteiger partial charge on any atom is -0.345 e. The quantitative estimate of drug-likeness (QED) is 0.770. The van der Waals surface area contributed by atoms with Crippen LogP contribution in [0.1, 0.15) is 38.4 Å². The Kier molecular flexibility index (Phi) is 5.37. The number of aromatic nitrogens is 2. The lowest BCUT2D eigenvalue weighted by Crippen LogP contribution is -2.28. The first-order valence-electron chi connectivity index (χ1n) is 6.18. The van der Waals surface area contributed by atoms with Gasteiger partial charge in [0, 0.05) is 44.9 Å². The number of aryl methyl sites for hydroxylation is 1. The fraction of sp³-hybridized carbons (Fsp3) is 0.615. The van der Waals surface area contributed by atoms with Crippen LogP contribution in [0.15, 0.2) is 12.4 Å². The summed E-state index contributed by atoms with van der Waals surface area (Å²) in [5, 5.41) is 8.47. The van der Waals surface area contributed by atoms with Gasteiger partial charge in [-0.15, -0.1) is 0 Å². The second-order valence-corrected chi connectivity index (χ2v) is 4.61. The molecule has 5 heteroatoms. The lowest BCUT2D eigenvalue weighted by Gasteiger charge is -2.16. The van der Waals surface area contributed by atoms with Crippen molar-refractivity contribution in [3.05, 3.63) is 18.2 Å². The largest absolute Gasteiger partial charge is 0.345 e. The molecule has 0 unspecified atom stereocenters. The van der Waals surface area contributed by atoms with E-state index in [0.29, 0.717) is 31.8 Å². The molecule has 0 aliphatic carbocycles. The van der Waals surface area contributed by atoms with E-state index in [0.717, 1.165) is 5.82 Å². The van der Waals surface area contributed by atoms with E-state index in [-0.39, 0.29) is 5.91 Å². The van der Waals surface area contributed by atoms with E-state index in [4.69, 9.17) is 5.26 Å². The molecule has 0 atom stereocenters. The Morgan fingerprint density at radius 2 is 2.33 bits per heavy atom. The molecular formula is C13H20N4O. The molecule has 1 rings (SSSR count). The smallest absolute Gasteiger partial charge is 0.224 e. The van der Waals surface area contributed by atoms with Crippen LogP contribution >= 0.6 is 0 Å². The van der Waals surface area contributed by atoms with Crippen LogP contribution in [0.25, 0.3) is 0 Å². The van der Waals surface area contributed by atoms with E-state index in [2.05, 4.69) is 18.8 Å². The summed E-state index contributed by atoms with van der Waals surface area (Å²) >= 11 is 0. The number of nitrogens with zero attached hydrogens (tertiary/aromatic N) is 4. The highest BCUT2D eigenvalue weighted by molar-refractivity contribution is 5.75. The van der Waals surface area contributed by atoms with Gasteiger partial charge >= 0.3 is 0 Å². The number of carbonyl (C=O) groups excluding carboxylic acids is 1. The van der Waals surface area contributed by atoms with Gasteiger partial charge in [0.1, 0.15) is 5.82 Å². The van der Waals surface area contributed by atoms with Crippen LogP contribution in [0.5, 0.6) is 0 Å². The normalized spacial score (nSPS) is 10.4. The van der Waals surface area contributed by atoms with Crippen LogP contribution in [0.3, 0.4) is 0 Å². The highest BCUT2D eigenvalue weighted by Gasteiger charge is 2.11. The van der Waals surface area contributed by atoms with Crippen molar-refractivity contribution in [2.45, 2.75) is 39.2 Å². The van der Waals surface area contributed by atoms with Crippen molar-refractivity contribution in [1.82, 2.24) is 14.5 Å². The lowest BCUT2D eigenvalue weighted by atomic mass is 10.2. The predicted octanol–water partition coefficient (Wildman–Crippen LogP) is 1.77. The van der Waals surface area contributed by atoms with Crippen molar-refractivity contribution in [1.29, 1.82) is 5.26 Å². The van der Waals surface area contributed by atoms with E-state index >= 15 is 0 Å². The van der Waals surface area contributed by atoms with Gasteiger partial charge in [-0.05, 0) is 0 Å². The molecule has 0 fully saturated rings. The molecule has 1 aromatic heterocycles. The summed E-state index contributed by atoms with van der Waals surface area (Å²) in [6.07, 6.45) is 4.49. The van der Waals surface area contributed by atoms with Crippen LogP contribution < -0.4 is 0 Å². The summed E-state index contributed by atoms with van der Waals surface area (Å²) in [6, 6.07) is 2.04. The Morgan fingerprint density at radius 3 is 2.94 bits per heavy atom. The molecule has 0 bridgehead atoms. The monoisotopic (exact) mass is 248 g/mol. The minimum absolute atomic E-state index is 0.0636. The third kappa shape index (κ3) is 3.88. The Labute approximate surface area is 108 Å². The van der Waals surface area contributed by atoms with Gasteiger partial charge in [-0.25, -0.2) is 4.98 Å². The zero-order valence-corrected chi connectivity index (χ0v) is 11.3. The zero-order valence-electron chi connectivity index (χ0n) is 11.3. The SMILES string of the molecule is CC(C)c1nccn1CCC(=O)N(C)CCC#N. The molecule has 0 saturated carbocycles. The zero-order chi connectivity index (χ0) is 13.5. The van der Waals surface area contributed by atoms with E-state index in [1.54, 1.807) is 18.1 Å². The van der Waals surface area contributed by atoms with Crippen molar-refractivity contribution in [3.8, 4) is 6.07 Å². The lowest BCUT2D eigenvalue weighted by molar-refractivity contribution is -0.130. The number of rotatable bonds is 6. The van der Waals surface area contributed by atoms with E-state index in [1.165, 1.54) is 0 Å². The summed E-state index contributed by atoms with van der Waals surface area (Å²) < 4.78 is 2.01. The number of imidazole rings is 1. The average molecular weight is 248 g/mol. The number of hydrogen-bond donors (Lipinski definition) is 0. The highest BCUT2D eigenvalue weighted by atomic mass is 16.2. The number of carbonyl (C=O) groups is 1. The first kappa shape index (κ1) is 14.2. The number of nitriles is 1. The molecule has 1 amide bonds. The van der Waals surface area contributed by atoms with Crippen LogP contribution in [0, 0.1) is 11.3 Å². The summed E-state index contributed by atoms with van der Waals surface area (Å²) in [4.78, 5) is 17.7. The Hall–Kier alpha value is -1.83. The van der Waals surface area contributed by atoms with E-state index < -0.39 is 0 Å².